The van der Waals surface area contributed by atoms with Gasteiger partial charge < -0.3 is 20.1 Å². The third kappa shape index (κ3) is 4.74. The van der Waals surface area contributed by atoms with Gasteiger partial charge in [-0.3, -0.25) is 4.79 Å². The van der Waals surface area contributed by atoms with Gasteiger partial charge in [0.15, 0.2) is 17.0 Å². The normalized spacial score (nSPS) is 17.9. The molecular weight excluding hydrogens is 367 g/mol. The first-order valence-corrected chi connectivity index (χ1v) is 9.39. The molecule has 0 aromatic heterocycles. The summed E-state index contributed by atoms with van der Waals surface area (Å²) in [6, 6.07) is 11.8. The summed E-state index contributed by atoms with van der Waals surface area (Å²) in [7, 11) is 1.57. The lowest BCUT2D eigenvalue weighted by atomic mass is 10.2. The Labute approximate surface area is 161 Å². The van der Waals surface area contributed by atoms with E-state index in [1.54, 1.807) is 31.4 Å². The van der Waals surface area contributed by atoms with Gasteiger partial charge in [-0.15, -0.1) is 0 Å². The van der Waals surface area contributed by atoms with Crippen LogP contribution < -0.4 is 20.1 Å². The van der Waals surface area contributed by atoms with Crippen molar-refractivity contribution in [3.05, 3.63) is 58.8 Å². The van der Waals surface area contributed by atoms with E-state index in [-0.39, 0.29) is 17.8 Å². The Hall–Kier alpha value is -2.67. The lowest BCUT2D eigenvalue weighted by Gasteiger charge is -2.14. The molecule has 0 bridgehead atoms. The molecular formula is C20H21FN2O3S. The van der Waals surface area contributed by atoms with E-state index in [9.17, 15) is 9.18 Å². The zero-order valence-electron chi connectivity index (χ0n) is 15.3. The van der Waals surface area contributed by atoms with Crippen molar-refractivity contribution < 1.29 is 18.7 Å². The molecule has 27 heavy (non-hydrogen) atoms. The highest BCUT2D eigenvalue weighted by Crippen LogP contribution is 2.33. The minimum absolute atomic E-state index is 0.0319. The molecule has 1 aliphatic rings. The van der Waals surface area contributed by atoms with Crippen molar-refractivity contribution in [2.75, 3.05) is 12.4 Å². The summed E-state index contributed by atoms with van der Waals surface area (Å²) in [5.41, 5.74) is 0.714. The third-order valence-electron chi connectivity index (χ3n) is 3.74. The highest BCUT2D eigenvalue weighted by molar-refractivity contribution is 8.05. The molecule has 0 saturated carbocycles. The van der Waals surface area contributed by atoms with Gasteiger partial charge in [-0.1, -0.05) is 30.0 Å². The number of ether oxygens (including phenoxy) is 2. The average Bonchev–Trinajstić information content (AvgIpc) is 2.97. The predicted molar refractivity (Wildman–Crippen MR) is 106 cm³/mol. The van der Waals surface area contributed by atoms with E-state index in [2.05, 4.69) is 10.6 Å². The van der Waals surface area contributed by atoms with Gasteiger partial charge in [-0.05, 0) is 49.8 Å². The average molecular weight is 388 g/mol. The lowest BCUT2D eigenvalue weighted by molar-refractivity contribution is -0.116. The Kier molecular flexibility index (Phi) is 5.91. The highest BCUT2D eigenvalue weighted by Gasteiger charge is 2.27. The van der Waals surface area contributed by atoms with Crippen LogP contribution in [0.2, 0.25) is 0 Å². The van der Waals surface area contributed by atoms with E-state index < -0.39 is 5.50 Å². The molecule has 3 rings (SSSR count). The first-order valence-electron chi connectivity index (χ1n) is 8.51. The van der Waals surface area contributed by atoms with Crippen LogP contribution in [0, 0.1) is 5.82 Å². The van der Waals surface area contributed by atoms with E-state index in [1.165, 1.54) is 17.8 Å². The SMILES string of the molecule is COc1cc(/C=C2\SC(Nc3ccccc3F)NC2=O)ccc1OC(C)C. The Morgan fingerprint density at radius 1 is 1.22 bits per heavy atom. The van der Waals surface area contributed by atoms with Crippen molar-refractivity contribution >= 4 is 29.4 Å². The van der Waals surface area contributed by atoms with Crippen LogP contribution in [0.25, 0.3) is 6.08 Å². The van der Waals surface area contributed by atoms with Gasteiger partial charge in [-0.25, -0.2) is 4.39 Å². The molecule has 0 aliphatic carbocycles. The van der Waals surface area contributed by atoms with Gasteiger partial charge >= 0.3 is 0 Å². The fraction of sp³-hybridized carbons (Fsp3) is 0.250. The van der Waals surface area contributed by atoms with Gasteiger partial charge in [-0.2, -0.15) is 0 Å². The van der Waals surface area contributed by atoms with Crippen molar-refractivity contribution in [2.45, 2.75) is 25.4 Å². The van der Waals surface area contributed by atoms with Gasteiger partial charge in [0.2, 0.25) is 0 Å². The molecule has 1 amide bonds. The first-order chi connectivity index (χ1) is 13.0. The smallest absolute Gasteiger partial charge is 0.260 e. The maximum Gasteiger partial charge on any atom is 0.260 e. The summed E-state index contributed by atoms with van der Waals surface area (Å²) >= 11 is 1.30. The quantitative estimate of drug-likeness (QED) is 0.726. The summed E-state index contributed by atoms with van der Waals surface area (Å²) < 4.78 is 24.8. The van der Waals surface area contributed by atoms with Gasteiger partial charge in [0.1, 0.15) is 5.82 Å². The number of rotatable bonds is 6. The van der Waals surface area contributed by atoms with Gasteiger partial charge in [0.05, 0.1) is 23.8 Å². The van der Waals surface area contributed by atoms with E-state index >= 15 is 0 Å². The number of methoxy groups -OCH3 is 1. The van der Waals surface area contributed by atoms with Crippen molar-refractivity contribution in [1.82, 2.24) is 5.32 Å². The van der Waals surface area contributed by atoms with Crippen LogP contribution in [0.4, 0.5) is 10.1 Å². The number of carbonyl (C=O) groups is 1. The zero-order valence-corrected chi connectivity index (χ0v) is 16.1. The van der Waals surface area contributed by atoms with Crippen molar-refractivity contribution in [2.24, 2.45) is 0 Å². The summed E-state index contributed by atoms with van der Waals surface area (Å²) in [5, 5.41) is 5.77. The molecule has 7 heteroatoms. The van der Waals surface area contributed by atoms with E-state index in [4.69, 9.17) is 9.47 Å². The van der Waals surface area contributed by atoms with Crippen LogP contribution in [-0.2, 0) is 4.79 Å². The first kappa shape index (κ1) is 19.1. The number of carbonyl (C=O) groups excluding carboxylic acids is 1. The highest BCUT2D eigenvalue weighted by atomic mass is 32.2. The van der Waals surface area contributed by atoms with Crippen molar-refractivity contribution in [1.29, 1.82) is 0 Å². The molecule has 1 fully saturated rings. The Morgan fingerprint density at radius 3 is 2.70 bits per heavy atom. The maximum absolute atomic E-state index is 13.8. The molecule has 1 unspecified atom stereocenters. The number of hydrogen-bond acceptors (Lipinski definition) is 5. The minimum atomic E-state index is -0.439. The Balaban J connectivity index is 1.75. The Morgan fingerprint density at radius 2 is 2.00 bits per heavy atom. The Bertz CT molecular complexity index is 870. The molecule has 1 saturated heterocycles. The van der Waals surface area contributed by atoms with Crippen LogP contribution in [0.1, 0.15) is 19.4 Å². The molecule has 5 nitrogen and oxygen atoms in total. The van der Waals surface area contributed by atoms with Crippen LogP contribution in [0.5, 0.6) is 11.5 Å². The van der Waals surface area contributed by atoms with E-state index in [0.717, 1.165) is 5.56 Å². The summed E-state index contributed by atoms with van der Waals surface area (Å²) in [6.45, 7) is 3.88. The van der Waals surface area contributed by atoms with E-state index in [0.29, 0.717) is 22.1 Å². The van der Waals surface area contributed by atoms with E-state index in [1.807, 2.05) is 32.0 Å². The van der Waals surface area contributed by atoms with Crippen molar-refractivity contribution in [3.8, 4) is 11.5 Å². The van der Waals surface area contributed by atoms with Gasteiger partial charge in [0.25, 0.3) is 5.91 Å². The standard InChI is InChI=1S/C20H21FN2O3S/c1-12(2)26-16-9-8-13(10-17(16)25-3)11-18-19(24)23-20(27-18)22-15-7-5-4-6-14(15)21/h4-12,20,22H,1-3H3,(H,23,24)/b18-11-. The number of nitrogens with one attached hydrogen (secondary N) is 2. The van der Waals surface area contributed by atoms with Crippen LogP contribution in [-0.4, -0.2) is 24.6 Å². The fourth-order valence-corrected chi connectivity index (χ4v) is 3.54. The summed E-state index contributed by atoms with van der Waals surface area (Å²) in [6.07, 6.45) is 1.80. The molecule has 1 aliphatic heterocycles. The molecule has 0 spiro atoms. The zero-order chi connectivity index (χ0) is 19.4. The topological polar surface area (TPSA) is 59.6 Å². The lowest BCUT2D eigenvalue weighted by Crippen LogP contribution is -2.31. The van der Waals surface area contributed by atoms with Crippen LogP contribution in [0.15, 0.2) is 47.4 Å². The molecule has 142 valence electrons. The number of halogens is 1. The van der Waals surface area contributed by atoms with Crippen molar-refractivity contribution in [3.63, 3.8) is 0 Å². The molecule has 2 aromatic rings. The fourth-order valence-electron chi connectivity index (χ4n) is 2.56. The van der Waals surface area contributed by atoms with Crippen LogP contribution >= 0.6 is 11.8 Å². The summed E-state index contributed by atoms with van der Waals surface area (Å²) in [5.74, 6) is 0.672. The third-order valence-corrected chi connectivity index (χ3v) is 4.77. The van der Waals surface area contributed by atoms with Crippen LogP contribution in [0.3, 0.4) is 0 Å². The number of benzene rings is 2. The number of hydrogen-bond donors (Lipinski definition) is 2. The summed E-state index contributed by atoms with van der Waals surface area (Å²) in [4.78, 5) is 12.8. The second-order valence-corrected chi connectivity index (χ2v) is 7.33. The van der Waals surface area contributed by atoms with Gasteiger partial charge in [0, 0.05) is 0 Å². The predicted octanol–water partition coefficient (Wildman–Crippen LogP) is 4.22. The maximum atomic E-state index is 13.8. The number of anilines is 1. The number of thioether (sulfide) groups is 1. The molecule has 2 aromatic carbocycles. The molecule has 2 N–H and O–H groups in total. The number of amides is 1. The second-order valence-electron chi connectivity index (χ2n) is 6.18. The molecule has 1 heterocycles. The monoisotopic (exact) mass is 388 g/mol. The minimum Gasteiger partial charge on any atom is -0.493 e. The largest absolute Gasteiger partial charge is 0.493 e. The molecule has 1 atom stereocenters. The number of para-hydroxylation sites is 1. The molecule has 0 radical (unpaired) electrons. The second kappa shape index (κ2) is 8.35.